The molecule has 0 aromatic rings. The highest BCUT2D eigenvalue weighted by atomic mass is 14.2. The molecule has 0 aromatic carbocycles. The molecule has 1 rings (SSSR count). The van der Waals surface area contributed by atoms with Gasteiger partial charge in [0.25, 0.3) is 0 Å². The summed E-state index contributed by atoms with van der Waals surface area (Å²) in [6.45, 7) is 6.73. The monoisotopic (exact) mass is 108 g/mol. The predicted octanol–water partition coefficient (Wildman–Crippen LogP) is 2.06. The maximum atomic E-state index is 3.04. The van der Waals surface area contributed by atoms with Crippen molar-refractivity contribution in [2.45, 2.75) is 27.2 Å². The van der Waals surface area contributed by atoms with Crippen LogP contribution < -0.4 is 0 Å². The average molecular weight is 108 g/mol. The third-order valence-electron chi connectivity index (χ3n) is 1.16. The lowest BCUT2D eigenvalue weighted by Crippen LogP contribution is -2.06. The minimum atomic E-state index is 0.459. The van der Waals surface area contributed by atoms with Gasteiger partial charge in [-0.1, -0.05) is 32.6 Å². The molecule has 0 fully saturated rings. The molecule has 0 heteroatoms. The van der Waals surface area contributed by atoms with Gasteiger partial charge in [0.1, 0.15) is 0 Å². The summed E-state index contributed by atoms with van der Waals surface area (Å²) in [5.74, 6) is 6.67. The third-order valence-corrected chi connectivity index (χ3v) is 1.16. The molecule has 8 heavy (non-hydrogen) atoms. The van der Waals surface area contributed by atoms with Crippen LogP contribution in [0.15, 0.2) is 0 Å². The first-order chi connectivity index (χ1) is 3.58. The molecule has 0 radical (unpaired) electrons. The highest BCUT2D eigenvalue weighted by Crippen LogP contribution is 2.27. The minimum Gasteiger partial charge on any atom is -0.0855 e. The Bertz CT molecular complexity index is 130. The molecule has 0 heterocycles. The maximum absolute atomic E-state index is 3.04. The third kappa shape index (κ3) is 2.02. The second-order valence-electron chi connectivity index (χ2n) is 3.61. The number of hydrogen-bond acceptors (Lipinski definition) is 0. The lowest BCUT2D eigenvalue weighted by molar-refractivity contribution is 0.367. The normalized spacial score (nSPS) is 17.4. The summed E-state index contributed by atoms with van der Waals surface area (Å²) < 4.78 is 0. The van der Waals surface area contributed by atoms with E-state index >= 15 is 0 Å². The lowest BCUT2D eigenvalue weighted by Gasteiger charge is -2.15. The minimum absolute atomic E-state index is 0.459. The molecule has 0 bridgehead atoms. The van der Waals surface area contributed by atoms with E-state index in [1.807, 2.05) is 0 Å². The summed E-state index contributed by atoms with van der Waals surface area (Å²) in [7, 11) is 0. The number of hydrogen-bond donors (Lipinski definition) is 0. The largest absolute Gasteiger partial charge is 0.0855 e. The van der Waals surface area contributed by atoms with Crippen molar-refractivity contribution in [2.75, 3.05) is 0 Å². The Morgan fingerprint density at radius 2 is 1.75 bits per heavy atom. The van der Waals surface area contributed by atoms with Gasteiger partial charge < -0.3 is 0 Å². The van der Waals surface area contributed by atoms with Gasteiger partial charge in [0.05, 0.1) is 5.92 Å². The van der Waals surface area contributed by atoms with E-state index in [9.17, 15) is 0 Å². The first-order valence-corrected chi connectivity index (χ1v) is 3.09. The van der Waals surface area contributed by atoms with Crippen molar-refractivity contribution < 1.29 is 0 Å². The summed E-state index contributed by atoms with van der Waals surface area (Å²) in [4.78, 5) is 0. The van der Waals surface area contributed by atoms with Gasteiger partial charge in [-0.15, -0.1) is 0 Å². The molecule has 1 aliphatic carbocycles. The van der Waals surface area contributed by atoms with E-state index < -0.39 is 0 Å². The highest BCUT2D eigenvalue weighted by Gasteiger charge is 2.19. The molecule has 0 unspecified atom stereocenters. The van der Waals surface area contributed by atoms with Crippen LogP contribution in [0.2, 0.25) is 0 Å². The zero-order valence-corrected chi connectivity index (χ0v) is 5.78. The van der Waals surface area contributed by atoms with E-state index in [2.05, 4.69) is 32.6 Å². The fraction of sp³-hybridized carbons (Fsp3) is 0.750. The molecule has 0 saturated heterocycles. The van der Waals surface area contributed by atoms with Crippen LogP contribution in [0.5, 0.6) is 0 Å². The first kappa shape index (κ1) is 5.69. The lowest BCUT2D eigenvalue weighted by atomic mass is 9.89. The van der Waals surface area contributed by atoms with Gasteiger partial charge in [-0.25, -0.2) is 0 Å². The van der Waals surface area contributed by atoms with Crippen LogP contribution in [0.3, 0.4) is 0 Å². The molecule has 0 saturated carbocycles. The van der Waals surface area contributed by atoms with Crippen molar-refractivity contribution in [1.82, 2.24) is 0 Å². The van der Waals surface area contributed by atoms with Gasteiger partial charge >= 0.3 is 0 Å². The zero-order valence-electron chi connectivity index (χ0n) is 5.78. The summed E-state index contributed by atoms with van der Waals surface area (Å²) in [6, 6.07) is 0. The molecule has 0 nitrogen and oxygen atoms in total. The van der Waals surface area contributed by atoms with Crippen molar-refractivity contribution >= 4 is 0 Å². The molecular weight excluding hydrogens is 96.1 g/mol. The quantitative estimate of drug-likeness (QED) is 0.451. The Morgan fingerprint density at radius 1 is 1.25 bits per heavy atom. The van der Waals surface area contributed by atoms with Crippen molar-refractivity contribution in [3.8, 4) is 11.8 Å². The number of rotatable bonds is 1. The Morgan fingerprint density at radius 3 is 1.88 bits per heavy atom. The summed E-state index contributed by atoms with van der Waals surface area (Å²) >= 11 is 0. The van der Waals surface area contributed by atoms with Crippen molar-refractivity contribution in [1.29, 1.82) is 0 Å². The Kier molecular flexibility index (Phi) is 1.08. The second-order valence-corrected chi connectivity index (χ2v) is 3.61. The van der Waals surface area contributed by atoms with Crippen LogP contribution in [0.1, 0.15) is 27.2 Å². The van der Waals surface area contributed by atoms with E-state index in [0.717, 1.165) is 0 Å². The van der Waals surface area contributed by atoms with Crippen LogP contribution in [-0.2, 0) is 0 Å². The van der Waals surface area contributed by atoms with Gasteiger partial charge in [0, 0.05) is 0 Å². The highest BCUT2D eigenvalue weighted by molar-refractivity contribution is 5.30. The van der Waals surface area contributed by atoms with E-state index in [0.29, 0.717) is 11.3 Å². The maximum Gasteiger partial charge on any atom is 0.0817 e. The van der Waals surface area contributed by atoms with Gasteiger partial charge in [-0.3, -0.25) is 0 Å². The van der Waals surface area contributed by atoms with E-state index in [1.165, 1.54) is 6.42 Å². The van der Waals surface area contributed by atoms with Gasteiger partial charge in [0.2, 0.25) is 0 Å². The molecule has 0 spiro atoms. The van der Waals surface area contributed by atoms with Crippen LogP contribution in [-0.4, -0.2) is 0 Å². The van der Waals surface area contributed by atoms with Crippen LogP contribution >= 0.6 is 0 Å². The average Bonchev–Trinajstić information content (AvgIpc) is 2.12. The van der Waals surface area contributed by atoms with Crippen LogP contribution in [0, 0.1) is 23.2 Å². The molecular formula is C8H12. The Balaban J connectivity index is 2.18. The fourth-order valence-corrected chi connectivity index (χ4v) is 0.773. The first-order valence-electron chi connectivity index (χ1n) is 3.09. The zero-order chi connectivity index (χ0) is 6.20. The van der Waals surface area contributed by atoms with Gasteiger partial charge in [0.15, 0.2) is 0 Å². The Hall–Kier alpha value is -0.440. The van der Waals surface area contributed by atoms with E-state index in [4.69, 9.17) is 0 Å². The molecule has 0 N–H and O–H groups in total. The standard InChI is InChI=1S/C8H12/c1-8(2,3)6-7-4-5-7/h7H,6H2,1-3H3. The topological polar surface area (TPSA) is 0 Å². The van der Waals surface area contributed by atoms with Gasteiger partial charge in [-0.2, -0.15) is 0 Å². The summed E-state index contributed by atoms with van der Waals surface area (Å²) in [5, 5.41) is 0. The van der Waals surface area contributed by atoms with Crippen LogP contribution in [0.25, 0.3) is 0 Å². The van der Waals surface area contributed by atoms with Crippen molar-refractivity contribution in [3.05, 3.63) is 0 Å². The molecule has 44 valence electrons. The van der Waals surface area contributed by atoms with E-state index in [1.54, 1.807) is 0 Å². The molecule has 0 aromatic heterocycles. The molecule has 0 aliphatic heterocycles. The Labute approximate surface area is 51.3 Å². The predicted molar refractivity (Wildman–Crippen MR) is 35.3 cm³/mol. The van der Waals surface area contributed by atoms with E-state index in [-0.39, 0.29) is 0 Å². The second kappa shape index (κ2) is 1.52. The molecule has 0 amide bonds. The summed E-state index contributed by atoms with van der Waals surface area (Å²) in [5.41, 5.74) is 0.459. The van der Waals surface area contributed by atoms with Crippen molar-refractivity contribution in [2.24, 2.45) is 11.3 Å². The van der Waals surface area contributed by atoms with Crippen LogP contribution in [0.4, 0.5) is 0 Å². The molecule has 0 atom stereocenters. The fourth-order valence-electron chi connectivity index (χ4n) is 0.773. The smallest absolute Gasteiger partial charge is 0.0817 e. The summed E-state index contributed by atoms with van der Waals surface area (Å²) in [6.07, 6.45) is 1.22. The molecule has 1 aliphatic rings. The van der Waals surface area contributed by atoms with Gasteiger partial charge in [-0.05, 0) is 11.8 Å². The SMILES string of the molecule is CC(C)(C)CC1C#C1. The van der Waals surface area contributed by atoms with Crippen molar-refractivity contribution in [3.63, 3.8) is 0 Å².